The molecule has 0 saturated carbocycles. The number of hydrogen-bond donors (Lipinski definition) is 3. The highest BCUT2D eigenvalue weighted by Crippen LogP contribution is 2.24. The molecule has 1 aliphatic rings. The molecule has 1 saturated heterocycles. The van der Waals surface area contributed by atoms with Gasteiger partial charge in [-0.2, -0.15) is 12.6 Å². The van der Waals surface area contributed by atoms with Crippen molar-refractivity contribution in [1.29, 1.82) is 0 Å². The van der Waals surface area contributed by atoms with E-state index in [4.69, 9.17) is 9.47 Å². The largest absolute Gasteiger partial charge is 0.451 e. The van der Waals surface area contributed by atoms with Crippen molar-refractivity contribution in [3.8, 4) is 0 Å². The molecular weight excluding hydrogens is 572 g/mol. The Morgan fingerprint density at radius 1 is 1.00 bits per heavy atom. The van der Waals surface area contributed by atoms with Crippen molar-refractivity contribution in [3.63, 3.8) is 0 Å². The van der Waals surface area contributed by atoms with Crippen molar-refractivity contribution in [2.75, 3.05) is 21.2 Å². The number of ether oxygens (including phenoxy) is 2. The number of hydrogen-bond acceptors (Lipinski definition) is 9. The maximum absolute atomic E-state index is 13.5. The minimum atomic E-state index is -1.05. The van der Waals surface area contributed by atoms with Crippen LogP contribution in [0.15, 0.2) is 0 Å². The Balaban J connectivity index is 2.98. The van der Waals surface area contributed by atoms with E-state index in [2.05, 4.69) is 23.3 Å². The summed E-state index contributed by atoms with van der Waals surface area (Å²) in [6, 6.07) is -2.32. The quantitative estimate of drug-likeness (QED) is 0.165. The van der Waals surface area contributed by atoms with Crippen LogP contribution < -0.4 is 10.6 Å². The van der Waals surface area contributed by atoms with Gasteiger partial charge in [-0.15, -0.1) is 0 Å². The second-order valence-corrected chi connectivity index (χ2v) is 13.6. The van der Waals surface area contributed by atoms with E-state index in [-0.39, 0.29) is 54.6 Å². The van der Waals surface area contributed by atoms with Gasteiger partial charge in [0.2, 0.25) is 17.7 Å². The van der Waals surface area contributed by atoms with Crippen LogP contribution in [0.3, 0.4) is 0 Å². The van der Waals surface area contributed by atoms with Crippen molar-refractivity contribution in [3.05, 3.63) is 0 Å². The molecule has 2 N–H and O–H groups in total. The first kappa shape index (κ1) is 38.8. The first-order valence-corrected chi connectivity index (χ1v) is 16.0. The van der Waals surface area contributed by atoms with Gasteiger partial charge < -0.3 is 20.1 Å². The minimum Gasteiger partial charge on any atom is -0.451 e. The van der Waals surface area contributed by atoms with Gasteiger partial charge in [-0.05, 0) is 58.5 Å². The predicted molar refractivity (Wildman–Crippen MR) is 169 cm³/mol. The number of thiol groups is 1. The van der Waals surface area contributed by atoms with Crippen molar-refractivity contribution < 1.29 is 33.4 Å². The summed E-state index contributed by atoms with van der Waals surface area (Å²) in [4.78, 5) is 68.4. The molecular formula is C31H56N4O7S. The van der Waals surface area contributed by atoms with Crippen LogP contribution in [-0.2, 0) is 33.4 Å². The summed E-state index contributed by atoms with van der Waals surface area (Å²) in [5.74, 6) is -1.92. The molecule has 0 aromatic heterocycles. The van der Waals surface area contributed by atoms with E-state index in [9.17, 15) is 24.0 Å². The number of likely N-dealkylation sites (N-methyl/N-ethyl adjacent to an activating group) is 1. The van der Waals surface area contributed by atoms with Crippen molar-refractivity contribution >= 4 is 42.2 Å². The van der Waals surface area contributed by atoms with Gasteiger partial charge in [0.05, 0.1) is 18.6 Å². The Morgan fingerprint density at radius 2 is 1.58 bits per heavy atom. The fraction of sp³-hybridized carbons (Fsp3) is 0.839. The molecule has 8 atom stereocenters. The van der Waals surface area contributed by atoms with E-state index >= 15 is 0 Å². The van der Waals surface area contributed by atoms with E-state index in [1.165, 1.54) is 12.0 Å². The number of amides is 4. The van der Waals surface area contributed by atoms with Gasteiger partial charge in [0.15, 0.2) is 6.10 Å². The lowest BCUT2D eigenvalue weighted by Crippen LogP contribution is -2.54. The molecule has 11 nitrogen and oxygen atoms in total. The molecule has 1 fully saturated rings. The number of methoxy groups -OCH3 is 1. The highest BCUT2D eigenvalue weighted by atomic mass is 32.1. The summed E-state index contributed by atoms with van der Waals surface area (Å²) in [6.07, 6.45) is 0.113. The Bertz CT molecular complexity index is 960. The maximum Gasteiger partial charge on any atom is 0.324 e. The third-order valence-electron chi connectivity index (χ3n) is 8.05. The van der Waals surface area contributed by atoms with Gasteiger partial charge in [0, 0.05) is 24.8 Å². The summed E-state index contributed by atoms with van der Waals surface area (Å²) in [6.45, 7) is 15.2. The fourth-order valence-electron chi connectivity index (χ4n) is 5.35. The van der Waals surface area contributed by atoms with Gasteiger partial charge in [0.25, 0.3) is 5.91 Å². The topological polar surface area (TPSA) is 134 Å². The first-order chi connectivity index (χ1) is 19.9. The van der Waals surface area contributed by atoms with Crippen molar-refractivity contribution in [2.24, 2.45) is 17.8 Å². The molecule has 0 radical (unpaired) electrons. The molecule has 4 amide bonds. The van der Waals surface area contributed by atoms with Gasteiger partial charge in [-0.1, -0.05) is 48.0 Å². The van der Waals surface area contributed by atoms with E-state index in [1.807, 2.05) is 55.6 Å². The number of rotatable bonds is 17. The SMILES string of the molecule is CC[C@H](C)[C@@H](C(=O)O[C@@H](CC(C)C)C(=O)N[C@@H](CC(C)C)C(=O)N[C@@H](C)[C@H](S)CC(=O)N1C(=O)CC(OC)[C@@H]1C)N(C)C. The van der Waals surface area contributed by atoms with Gasteiger partial charge >= 0.3 is 5.97 Å². The summed E-state index contributed by atoms with van der Waals surface area (Å²) >= 11 is 4.56. The number of nitrogens with one attached hydrogen (secondary N) is 2. The van der Waals surface area contributed by atoms with Gasteiger partial charge in [-0.3, -0.25) is 33.8 Å². The normalized spacial score (nSPS) is 21.4. The second-order valence-electron chi connectivity index (χ2n) is 13.0. The van der Waals surface area contributed by atoms with Crippen LogP contribution in [0, 0.1) is 17.8 Å². The van der Waals surface area contributed by atoms with Gasteiger partial charge in [-0.25, -0.2) is 0 Å². The zero-order valence-electron chi connectivity index (χ0n) is 28.0. The average Bonchev–Trinajstić information content (AvgIpc) is 3.19. The Hall–Kier alpha value is -2.18. The Morgan fingerprint density at radius 3 is 2.05 bits per heavy atom. The van der Waals surface area contributed by atoms with Crippen LogP contribution in [0.25, 0.3) is 0 Å². The summed E-state index contributed by atoms with van der Waals surface area (Å²) in [5.41, 5.74) is 0. The van der Waals surface area contributed by atoms with Crippen LogP contribution in [0.1, 0.15) is 87.5 Å². The van der Waals surface area contributed by atoms with Crippen LogP contribution in [0.4, 0.5) is 0 Å². The van der Waals surface area contributed by atoms with Crippen LogP contribution in [0.2, 0.25) is 0 Å². The fourth-order valence-corrected chi connectivity index (χ4v) is 5.58. The molecule has 12 heteroatoms. The van der Waals surface area contributed by atoms with Crippen LogP contribution >= 0.6 is 12.6 Å². The number of imide groups is 1. The van der Waals surface area contributed by atoms with E-state index < -0.39 is 47.3 Å². The highest BCUT2D eigenvalue weighted by Gasteiger charge is 2.41. The van der Waals surface area contributed by atoms with Crippen molar-refractivity contribution in [2.45, 2.75) is 129 Å². The summed E-state index contributed by atoms with van der Waals surface area (Å²) in [5, 5.41) is 5.13. The Kier molecular flexibility index (Phi) is 16.2. The molecule has 1 unspecified atom stereocenters. The third kappa shape index (κ3) is 11.7. The maximum atomic E-state index is 13.5. The zero-order valence-corrected chi connectivity index (χ0v) is 28.9. The summed E-state index contributed by atoms with van der Waals surface area (Å²) < 4.78 is 11.1. The molecule has 0 aromatic carbocycles. The van der Waals surface area contributed by atoms with Gasteiger partial charge in [0.1, 0.15) is 12.1 Å². The minimum absolute atomic E-state index is 0.0282. The number of carbonyl (C=O) groups excluding carboxylic acids is 5. The number of carbonyl (C=O) groups is 5. The molecule has 0 aromatic rings. The monoisotopic (exact) mass is 628 g/mol. The molecule has 1 aliphatic heterocycles. The molecule has 0 spiro atoms. The van der Waals surface area contributed by atoms with E-state index in [0.29, 0.717) is 12.8 Å². The van der Waals surface area contributed by atoms with E-state index in [1.54, 1.807) is 18.7 Å². The predicted octanol–water partition coefficient (Wildman–Crippen LogP) is 2.81. The lowest BCUT2D eigenvalue weighted by atomic mass is 9.98. The summed E-state index contributed by atoms with van der Waals surface area (Å²) in [7, 11) is 5.13. The third-order valence-corrected chi connectivity index (χ3v) is 8.68. The molecule has 1 heterocycles. The molecule has 0 bridgehead atoms. The van der Waals surface area contributed by atoms with Crippen LogP contribution in [0.5, 0.6) is 0 Å². The second kappa shape index (κ2) is 17.9. The lowest BCUT2D eigenvalue weighted by molar-refractivity contribution is -0.163. The van der Waals surface area contributed by atoms with Crippen LogP contribution in [-0.4, -0.2) is 102 Å². The van der Waals surface area contributed by atoms with Crippen molar-refractivity contribution in [1.82, 2.24) is 20.4 Å². The smallest absolute Gasteiger partial charge is 0.324 e. The first-order valence-electron chi connectivity index (χ1n) is 15.5. The lowest BCUT2D eigenvalue weighted by Gasteiger charge is -2.31. The number of likely N-dealkylation sites (tertiary alicyclic amines) is 1. The zero-order chi connectivity index (χ0) is 33.2. The molecule has 1 rings (SSSR count). The standard InChI is InChI=1S/C31H56N4O7S/c1-12-19(6)28(34(9)10)31(40)42-24(14-18(4)5)30(39)33-22(13-17(2)3)29(38)32-20(7)25(43)16-27(37)35-21(8)23(41-11)15-26(35)36/h17-25,28,43H,12-16H2,1-11H3,(H,32,38)(H,33,39)/t19-,20-,21-,22-,23?,24-,25+,28-/m0/s1. The molecule has 248 valence electrons. The molecule has 0 aliphatic carbocycles. The number of esters is 1. The van der Waals surface area contributed by atoms with E-state index in [0.717, 1.165) is 6.42 Å². The highest BCUT2D eigenvalue weighted by molar-refractivity contribution is 7.81. The Labute approximate surface area is 263 Å². The average molecular weight is 629 g/mol. The number of nitrogens with zero attached hydrogens (tertiary/aromatic N) is 2. The molecule has 43 heavy (non-hydrogen) atoms.